The van der Waals surface area contributed by atoms with Gasteiger partial charge in [0.25, 0.3) is 0 Å². The molecule has 2 rings (SSSR count). The Hall–Kier alpha value is -0.610. The van der Waals surface area contributed by atoms with Crippen molar-refractivity contribution in [2.45, 2.75) is 31.4 Å². The van der Waals surface area contributed by atoms with Crippen LogP contribution in [0.15, 0.2) is 0 Å². The first-order chi connectivity index (χ1) is 6.27. The Kier molecular flexibility index (Phi) is 2.51. The molecule has 2 N–H and O–H groups in total. The number of likely N-dealkylation sites (tertiary alicyclic amines) is 1. The van der Waals surface area contributed by atoms with Gasteiger partial charge in [0.2, 0.25) is 5.91 Å². The number of β-amino-alcohol motifs (C(OH)–C–C–N with tert-alkyl or cyclic N) is 1. The van der Waals surface area contributed by atoms with Gasteiger partial charge in [-0.2, -0.15) is 0 Å². The Balaban J connectivity index is 1.89. The highest BCUT2D eigenvalue weighted by atomic mass is 16.3. The van der Waals surface area contributed by atoms with E-state index in [4.69, 9.17) is 0 Å². The van der Waals surface area contributed by atoms with Gasteiger partial charge in [0, 0.05) is 13.1 Å². The largest absolute Gasteiger partial charge is 0.391 e. The van der Waals surface area contributed by atoms with E-state index >= 15 is 0 Å². The minimum atomic E-state index is -0.301. The van der Waals surface area contributed by atoms with Gasteiger partial charge >= 0.3 is 0 Å². The summed E-state index contributed by atoms with van der Waals surface area (Å²) >= 11 is 0. The van der Waals surface area contributed by atoms with Gasteiger partial charge in [-0.05, 0) is 25.8 Å². The number of aliphatic hydroxyl groups excluding tert-OH is 1. The van der Waals surface area contributed by atoms with Crippen LogP contribution in [0.2, 0.25) is 0 Å². The van der Waals surface area contributed by atoms with Crippen LogP contribution in [0.25, 0.3) is 0 Å². The van der Waals surface area contributed by atoms with Crippen LogP contribution in [0.1, 0.15) is 19.3 Å². The molecule has 2 heterocycles. The smallest absolute Gasteiger partial charge is 0.239 e. The number of amides is 1. The molecule has 0 aromatic rings. The molecule has 13 heavy (non-hydrogen) atoms. The number of hydrogen-bond donors (Lipinski definition) is 2. The lowest BCUT2D eigenvalue weighted by atomic mass is 10.2. The molecule has 0 aromatic heterocycles. The van der Waals surface area contributed by atoms with E-state index in [0.29, 0.717) is 6.54 Å². The van der Waals surface area contributed by atoms with Crippen molar-refractivity contribution in [1.82, 2.24) is 10.2 Å². The lowest BCUT2D eigenvalue weighted by Crippen LogP contribution is -2.42. The van der Waals surface area contributed by atoms with Crippen LogP contribution in [0.4, 0.5) is 0 Å². The van der Waals surface area contributed by atoms with Crippen LogP contribution in [-0.2, 0) is 4.79 Å². The summed E-state index contributed by atoms with van der Waals surface area (Å²) < 4.78 is 0. The second-order valence-electron chi connectivity index (χ2n) is 3.88. The molecule has 74 valence electrons. The Labute approximate surface area is 77.9 Å². The van der Waals surface area contributed by atoms with Gasteiger partial charge in [0.05, 0.1) is 12.1 Å². The van der Waals surface area contributed by atoms with E-state index in [9.17, 15) is 9.90 Å². The van der Waals surface area contributed by atoms with E-state index in [1.54, 1.807) is 4.90 Å². The maximum Gasteiger partial charge on any atom is 0.239 e. The number of nitrogens with one attached hydrogen (secondary N) is 1. The van der Waals surface area contributed by atoms with Crippen LogP contribution >= 0.6 is 0 Å². The predicted octanol–water partition coefficient (Wildman–Crippen LogP) is -0.668. The van der Waals surface area contributed by atoms with Crippen molar-refractivity contribution < 1.29 is 9.90 Å². The molecule has 2 aliphatic heterocycles. The zero-order valence-electron chi connectivity index (χ0n) is 7.70. The van der Waals surface area contributed by atoms with Crippen LogP contribution in [0, 0.1) is 0 Å². The first-order valence-corrected chi connectivity index (χ1v) is 4.97. The molecule has 0 unspecified atom stereocenters. The lowest BCUT2D eigenvalue weighted by Gasteiger charge is -2.19. The quantitative estimate of drug-likeness (QED) is 0.568. The molecular formula is C9H16N2O2. The Morgan fingerprint density at radius 1 is 1.46 bits per heavy atom. The molecule has 2 fully saturated rings. The van der Waals surface area contributed by atoms with Crippen LogP contribution in [-0.4, -0.2) is 47.7 Å². The zero-order valence-corrected chi connectivity index (χ0v) is 7.70. The van der Waals surface area contributed by atoms with Crippen molar-refractivity contribution in [3.8, 4) is 0 Å². The molecule has 4 nitrogen and oxygen atoms in total. The van der Waals surface area contributed by atoms with Crippen molar-refractivity contribution in [3.63, 3.8) is 0 Å². The summed E-state index contributed by atoms with van der Waals surface area (Å²) in [6.45, 7) is 2.20. The predicted molar refractivity (Wildman–Crippen MR) is 48.2 cm³/mol. The van der Waals surface area contributed by atoms with Gasteiger partial charge < -0.3 is 15.3 Å². The van der Waals surface area contributed by atoms with E-state index in [1.807, 2.05) is 0 Å². The average Bonchev–Trinajstić information content (AvgIpc) is 2.72. The topological polar surface area (TPSA) is 52.6 Å². The van der Waals surface area contributed by atoms with Crippen molar-refractivity contribution in [2.24, 2.45) is 0 Å². The van der Waals surface area contributed by atoms with Crippen molar-refractivity contribution in [2.75, 3.05) is 19.6 Å². The van der Waals surface area contributed by atoms with Crippen LogP contribution in [0.5, 0.6) is 0 Å². The highest BCUT2D eigenvalue weighted by molar-refractivity contribution is 5.82. The lowest BCUT2D eigenvalue weighted by molar-refractivity contribution is -0.132. The third-order valence-corrected chi connectivity index (χ3v) is 2.83. The summed E-state index contributed by atoms with van der Waals surface area (Å²) in [5.74, 6) is 0.175. The van der Waals surface area contributed by atoms with Crippen molar-refractivity contribution >= 4 is 5.91 Å². The number of carbonyl (C=O) groups is 1. The first kappa shape index (κ1) is 8.97. The summed E-state index contributed by atoms with van der Waals surface area (Å²) in [6.07, 6.45) is 2.47. The highest BCUT2D eigenvalue weighted by Crippen LogP contribution is 2.14. The molecule has 0 spiro atoms. The van der Waals surface area contributed by atoms with E-state index in [2.05, 4.69) is 5.32 Å². The summed E-state index contributed by atoms with van der Waals surface area (Å²) in [7, 11) is 0. The molecule has 2 atom stereocenters. The van der Waals surface area contributed by atoms with Gasteiger partial charge in [-0.3, -0.25) is 4.79 Å². The Bertz CT molecular complexity index is 202. The second-order valence-corrected chi connectivity index (χ2v) is 3.88. The summed E-state index contributed by atoms with van der Waals surface area (Å²) in [5, 5.41) is 12.5. The Morgan fingerprint density at radius 2 is 2.31 bits per heavy atom. The number of aliphatic hydroxyl groups is 1. The molecule has 0 saturated carbocycles. The van der Waals surface area contributed by atoms with Crippen LogP contribution < -0.4 is 5.32 Å². The van der Waals surface area contributed by atoms with E-state index in [1.165, 1.54) is 0 Å². The van der Waals surface area contributed by atoms with Crippen molar-refractivity contribution in [3.05, 3.63) is 0 Å². The minimum Gasteiger partial charge on any atom is -0.391 e. The summed E-state index contributed by atoms with van der Waals surface area (Å²) in [4.78, 5) is 13.5. The molecule has 0 aliphatic carbocycles. The fourth-order valence-corrected chi connectivity index (χ4v) is 2.06. The van der Waals surface area contributed by atoms with Crippen molar-refractivity contribution in [1.29, 1.82) is 0 Å². The fourth-order valence-electron chi connectivity index (χ4n) is 2.06. The fraction of sp³-hybridized carbons (Fsp3) is 0.889. The maximum absolute atomic E-state index is 11.7. The van der Waals surface area contributed by atoms with Gasteiger partial charge in [-0.1, -0.05) is 0 Å². The standard InChI is InChI=1S/C9H16N2O2/c12-7-3-5-11(6-7)9(13)8-2-1-4-10-8/h7-8,10,12H,1-6H2/t7-,8+/m1/s1. The molecule has 2 saturated heterocycles. The van der Waals surface area contributed by atoms with Gasteiger partial charge in [0.15, 0.2) is 0 Å². The molecule has 4 heteroatoms. The first-order valence-electron chi connectivity index (χ1n) is 4.97. The number of rotatable bonds is 1. The summed E-state index contributed by atoms with van der Waals surface area (Å²) in [5.41, 5.74) is 0. The average molecular weight is 184 g/mol. The number of nitrogens with zero attached hydrogens (tertiary/aromatic N) is 1. The van der Waals surface area contributed by atoms with Gasteiger partial charge in [-0.15, -0.1) is 0 Å². The number of hydrogen-bond acceptors (Lipinski definition) is 3. The third-order valence-electron chi connectivity index (χ3n) is 2.83. The van der Waals surface area contributed by atoms with Gasteiger partial charge in [-0.25, -0.2) is 0 Å². The normalized spacial score (nSPS) is 34.1. The summed E-state index contributed by atoms with van der Waals surface area (Å²) in [6, 6.07) is 0.0188. The zero-order chi connectivity index (χ0) is 9.26. The van der Waals surface area contributed by atoms with E-state index in [-0.39, 0.29) is 18.1 Å². The molecule has 0 radical (unpaired) electrons. The minimum absolute atomic E-state index is 0.0188. The molecular weight excluding hydrogens is 168 g/mol. The molecule has 2 aliphatic rings. The number of carbonyl (C=O) groups excluding carboxylic acids is 1. The molecule has 1 amide bonds. The monoisotopic (exact) mass is 184 g/mol. The molecule has 0 bridgehead atoms. The third kappa shape index (κ3) is 1.84. The van der Waals surface area contributed by atoms with E-state index in [0.717, 1.165) is 32.4 Å². The SMILES string of the molecule is O=C([C@@H]1CCCN1)N1CC[C@@H](O)C1. The molecule has 0 aromatic carbocycles. The Morgan fingerprint density at radius 3 is 2.85 bits per heavy atom. The van der Waals surface area contributed by atoms with Crippen LogP contribution in [0.3, 0.4) is 0 Å². The highest BCUT2D eigenvalue weighted by Gasteiger charge is 2.31. The van der Waals surface area contributed by atoms with E-state index < -0.39 is 0 Å². The second kappa shape index (κ2) is 3.64. The van der Waals surface area contributed by atoms with Gasteiger partial charge in [0.1, 0.15) is 0 Å². The maximum atomic E-state index is 11.7.